The Labute approximate surface area is 151 Å². The number of rotatable bonds is 6. The van der Waals surface area contributed by atoms with Crippen LogP contribution in [0.15, 0.2) is 46.9 Å². The van der Waals surface area contributed by atoms with Gasteiger partial charge in [-0.2, -0.15) is 13.2 Å². The normalized spacial score (nSPS) is 11.2. The molecule has 0 unspecified atom stereocenters. The molecule has 0 atom stereocenters. The van der Waals surface area contributed by atoms with E-state index in [1.54, 1.807) is 24.3 Å². The fourth-order valence-corrected chi connectivity index (χ4v) is 2.22. The highest BCUT2D eigenvalue weighted by Crippen LogP contribution is 2.35. The average Bonchev–Trinajstić information content (AvgIpc) is 2.56. The smallest absolute Gasteiger partial charge is 0.416 e. The van der Waals surface area contributed by atoms with E-state index in [-0.39, 0.29) is 24.7 Å². The minimum atomic E-state index is -4.53. The van der Waals surface area contributed by atoms with Crippen molar-refractivity contribution in [2.45, 2.75) is 6.18 Å². The summed E-state index contributed by atoms with van der Waals surface area (Å²) in [5, 5.41) is 2.47. The summed E-state index contributed by atoms with van der Waals surface area (Å²) in [4.78, 5) is 12.3. The molecule has 0 radical (unpaired) electrons. The van der Waals surface area contributed by atoms with E-state index < -0.39 is 17.6 Å². The van der Waals surface area contributed by atoms with E-state index in [4.69, 9.17) is 9.47 Å². The molecule has 0 aromatic heterocycles. The largest absolute Gasteiger partial charge is 0.489 e. The molecular formula is C17H15BrF3NO3. The van der Waals surface area contributed by atoms with Crippen molar-refractivity contribution >= 4 is 27.5 Å². The topological polar surface area (TPSA) is 47.6 Å². The first-order valence-corrected chi connectivity index (χ1v) is 8.00. The molecule has 1 N–H and O–H groups in total. The maximum atomic E-state index is 12.9. The van der Waals surface area contributed by atoms with Crippen molar-refractivity contribution in [2.75, 3.05) is 25.6 Å². The van der Waals surface area contributed by atoms with Crippen LogP contribution in [0.5, 0.6) is 5.75 Å². The number of alkyl halides is 3. The molecule has 0 aliphatic carbocycles. The van der Waals surface area contributed by atoms with E-state index >= 15 is 0 Å². The Morgan fingerprint density at radius 3 is 2.40 bits per heavy atom. The molecule has 0 saturated heterocycles. The molecule has 134 valence electrons. The molecule has 2 rings (SSSR count). The highest BCUT2D eigenvalue weighted by Gasteiger charge is 2.31. The van der Waals surface area contributed by atoms with Crippen LogP contribution in [-0.2, 0) is 10.9 Å². The highest BCUT2D eigenvalue weighted by molar-refractivity contribution is 9.10. The van der Waals surface area contributed by atoms with Crippen LogP contribution < -0.4 is 10.1 Å². The fraction of sp³-hybridized carbons (Fsp3) is 0.235. The van der Waals surface area contributed by atoms with Crippen molar-refractivity contribution in [3.8, 4) is 5.75 Å². The molecule has 0 fully saturated rings. The summed E-state index contributed by atoms with van der Waals surface area (Å²) >= 11 is 3.25. The lowest BCUT2D eigenvalue weighted by molar-refractivity contribution is -0.137. The number of nitrogens with one attached hydrogen (secondary N) is 1. The number of carbonyl (C=O) groups is 1. The molecule has 8 heteroatoms. The molecule has 1 amide bonds. The monoisotopic (exact) mass is 417 g/mol. The van der Waals surface area contributed by atoms with Crippen LogP contribution in [0.25, 0.3) is 0 Å². The molecule has 4 nitrogen and oxygen atoms in total. The second kappa shape index (κ2) is 8.35. The number of benzene rings is 2. The second-order valence-corrected chi connectivity index (χ2v) is 5.93. The summed E-state index contributed by atoms with van der Waals surface area (Å²) in [6.07, 6.45) is -4.53. The molecular weight excluding hydrogens is 403 g/mol. The SMILES string of the molecule is COCCOc1ccc(C(F)(F)F)cc1NC(=O)c1ccc(Br)cc1. The van der Waals surface area contributed by atoms with Crippen LogP contribution in [0.2, 0.25) is 0 Å². The van der Waals surface area contributed by atoms with Crippen LogP contribution >= 0.6 is 15.9 Å². The first kappa shape index (κ1) is 19.3. The van der Waals surface area contributed by atoms with Gasteiger partial charge in [-0.25, -0.2) is 0 Å². The van der Waals surface area contributed by atoms with Gasteiger partial charge >= 0.3 is 6.18 Å². The number of halogens is 4. The third kappa shape index (κ3) is 5.47. The summed E-state index contributed by atoms with van der Waals surface area (Å²) < 4.78 is 49.8. The summed E-state index contributed by atoms with van der Waals surface area (Å²) in [6.45, 7) is 0.407. The van der Waals surface area contributed by atoms with E-state index in [9.17, 15) is 18.0 Å². The number of hydrogen-bond donors (Lipinski definition) is 1. The van der Waals surface area contributed by atoms with Gasteiger partial charge in [-0.05, 0) is 42.5 Å². The van der Waals surface area contributed by atoms with Crippen molar-refractivity contribution < 1.29 is 27.4 Å². The lowest BCUT2D eigenvalue weighted by atomic mass is 10.1. The van der Waals surface area contributed by atoms with Gasteiger partial charge in [0, 0.05) is 17.1 Å². The Balaban J connectivity index is 2.27. The Bertz CT molecular complexity index is 733. The average molecular weight is 418 g/mol. The lowest BCUT2D eigenvalue weighted by Crippen LogP contribution is -2.15. The summed E-state index contributed by atoms with van der Waals surface area (Å²) in [7, 11) is 1.48. The van der Waals surface area contributed by atoms with Gasteiger partial charge in [0.2, 0.25) is 0 Å². The van der Waals surface area contributed by atoms with Crippen LogP contribution in [0.1, 0.15) is 15.9 Å². The summed E-state index contributed by atoms with van der Waals surface area (Å²) in [6, 6.07) is 9.36. The van der Waals surface area contributed by atoms with Gasteiger partial charge in [-0.15, -0.1) is 0 Å². The molecule has 0 spiro atoms. The fourth-order valence-electron chi connectivity index (χ4n) is 1.96. The van der Waals surface area contributed by atoms with Gasteiger partial charge in [0.15, 0.2) is 0 Å². The van der Waals surface area contributed by atoms with Crippen LogP contribution in [-0.4, -0.2) is 26.2 Å². The zero-order valence-electron chi connectivity index (χ0n) is 13.2. The Kier molecular flexibility index (Phi) is 6.44. The maximum Gasteiger partial charge on any atom is 0.416 e. The van der Waals surface area contributed by atoms with E-state index in [1.807, 2.05) is 0 Å². The second-order valence-electron chi connectivity index (χ2n) is 5.01. The van der Waals surface area contributed by atoms with Crippen LogP contribution in [0, 0.1) is 0 Å². The molecule has 0 saturated carbocycles. The van der Waals surface area contributed by atoms with Crippen molar-refractivity contribution in [1.29, 1.82) is 0 Å². The quantitative estimate of drug-likeness (QED) is 0.690. The van der Waals surface area contributed by atoms with Gasteiger partial charge in [0.25, 0.3) is 5.91 Å². The Hall–Kier alpha value is -2.06. The standard InChI is InChI=1S/C17H15BrF3NO3/c1-24-8-9-25-15-7-4-12(17(19,20)21)10-14(15)22-16(23)11-2-5-13(18)6-3-11/h2-7,10H,8-9H2,1H3,(H,22,23). The number of amides is 1. The minimum absolute atomic E-state index is 0.0566. The highest BCUT2D eigenvalue weighted by atomic mass is 79.9. The molecule has 0 bridgehead atoms. The predicted octanol–water partition coefficient (Wildman–Crippen LogP) is 4.75. The zero-order chi connectivity index (χ0) is 18.4. The summed E-state index contributed by atoms with van der Waals surface area (Å²) in [5.41, 5.74) is -0.625. The van der Waals surface area contributed by atoms with E-state index in [2.05, 4.69) is 21.2 Å². The van der Waals surface area contributed by atoms with Crippen LogP contribution in [0.4, 0.5) is 18.9 Å². The molecule has 0 aliphatic heterocycles. The Morgan fingerprint density at radius 2 is 1.80 bits per heavy atom. The van der Waals surface area contributed by atoms with Gasteiger partial charge in [0.05, 0.1) is 17.9 Å². The van der Waals surface area contributed by atoms with Crippen molar-refractivity contribution in [2.24, 2.45) is 0 Å². The van der Waals surface area contributed by atoms with Crippen LogP contribution in [0.3, 0.4) is 0 Å². The number of carbonyl (C=O) groups excluding carboxylic acids is 1. The predicted molar refractivity (Wildman–Crippen MR) is 90.9 cm³/mol. The van der Waals surface area contributed by atoms with E-state index in [1.165, 1.54) is 13.2 Å². The molecule has 25 heavy (non-hydrogen) atoms. The van der Waals surface area contributed by atoms with Gasteiger partial charge in [-0.3, -0.25) is 4.79 Å². The number of ether oxygens (including phenoxy) is 2. The molecule has 0 heterocycles. The van der Waals surface area contributed by atoms with E-state index in [0.717, 1.165) is 16.6 Å². The zero-order valence-corrected chi connectivity index (χ0v) is 14.8. The Morgan fingerprint density at radius 1 is 1.12 bits per heavy atom. The van der Waals surface area contributed by atoms with Gasteiger partial charge in [0.1, 0.15) is 12.4 Å². The molecule has 2 aromatic rings. The minimum Gasteiger partial charge on any atom is -0.489 e. The number of methoxy groups -OCH3 is 1. The van der Waals surface area contributed by atoms with Crippen molar-refractivity contribution in [3.05, 3.63) is 58.1 Å². The third-order valence-electron chi connectivity index (χ3n) is 3.21. The lowest BCUT2D eigenvalue weighted by Gasteiger charge is -2.15. The maximum absolute atomic E-state index is 12.9. The number of hydrogen-bond acceptors (Lipinski definition) is 3. The first-order chi connectivity index (χ1) is 11.8. The molecule has 2 aromatic carbocycles. The third-order valence-corrected chi connectivity index (χ3v) is 3.74. The van der Waals surface area contributed by atoms with Crippen molar-refractivity contribution in [1.82, 2.24) is 0 Å². The van der Waals surface area contributed by atoms with E-state index in [0.29, 0.717) is 5.56 Å². The van der Waals surface area contributed by atoms with Gasteiger partial charge in [-0.1, -0.05) is 15.9 Å². The van der Waals surface area contributed by atoms with Crippen molar-refractivity contribution in [3.63, 3.8) is 0 Å². The first-order valence-electron chi connectivity index (χ1n) is 7.21. The number of anilines is 1. The van der Waals surface area contributed by atoms with Gasteiger partial charge < -0.3 is 14.8 Å². The molecule has 0 aliphatic rings. The summed E-state index contributed by atoms with van der Waals surface area (Å²) in [5.74, 6) is -0.404.